The average molecular weight is 652 g/mol. The molecule has 4 N–H and O–H groups in total. The van der Waals surface area contributed by atoms with E-state index in [1.807, 2.05) is 0 Å². The number of halogens is 2. The number of carboxylic acid groups (broad SMARTS) is 1. The summed E-state index contributed by atoms with van der Waals surface area (Å²) in [5.74, 6) is -1.28. The molecular weight excluding hydrogens is 619 g/mol. The number of carbonyl (C=O) groups is 3. The molecule has 0 aliphatic carbocycles. The normalized spacial score (nSPS) is 13.2. The smallest absolute Gasteiger partial charge is 0.300 e. The van der Waals surface area contributed by atoms with Crippen LogP contribution in [0.4, 0.5) is 5.69 Å². The van der Waals surface area contributed by atoms with Gasteiger partial charge in [0.25, 0.3) is 21.9 Å². The van der Waals surface area contributed by atoms with Crippen LogP contribution in [-0.2, 0) is 19.6 Å². The first-order chi connectivity index (χ1) is 20.5. The summed E-state index contributed by atoms with van der Waals surface area (Å²) in [4.78, 5) is 39.4. The van der Waals surface area contributed by atoms with Gasteiger partial charge in [-0.25, -0.2) is 0 Å². The van der Waals surface area contributed by atoms with Crippen LogP contribution < -0.4 is 25.3 Å². The van der Waals surface area contributed by atoms with Crippen molar-refractivity contribution in [2.24, 2.45) is 0 Å². The van der Waals surface area contributed by atoms with Crippen LogP contribution in [0.2, 0.25) is 10.0 Å². The lowest BCUT2D eigenvalue weighted by molar-refractivity contribution is -0.134. The summed E-state index contributed by atoms with van der Waals surface area (Å²) in [5.41, 5.74) is 0.494. The standard InChI is InChI=1S/C27H28Cl2N4O5S.C2H4O2/c28-20-8-11-25(24(29)18-20)38-33(22-4-2-1-3-5-22)39(36,37)23-9-6-19(7-10-23)27(35)31-17-14-26(34)32-21-12-15-30-16-13-21;1-2(3)4/h1-11,18,21,30H,12-17H2,(H,31,35)(H,32,34);1H3,(H,3,4). The third-order valence-electron chi connectivity index (χ3n) is 6.02. The van der Waals surface area contributed by atoms with Crippen molar-refractivity contribution in [3.63, 3.8) is 0 Å². The summed E-state index contributed by atoms with van der Waals surface area (Å²) < 4.78 is 27.9. The second kappa shape index (κ2) is 16.1. The number of para-hydroxylation sites is 1. The Kier molecular flexibility index (Phi) is 12.6. The molecule has 3 aromatic rings. The fraction of sp³-hybridized carbons (Fsp3) is 0.276. The molecule has 0 spiro atoms. The molecule has 1 heterocycles. The zero-order valence-electron chi connectivity index (χ0n) is 23.3. The van der Waals surface area contributed by atoms with E-state index in [1.54, 1.807) is 30.3 Å². The van der Waals surface area contributed by atoms with Crippen LogP contribution >= 0.6 is 23.2 Å². The van der Waals surface area contributed by atoms with Crippen LogP contribution in [0.15, 0.2) is 77.7 Å². The maximum absolute atomic E-state index is 13.6. The Morgan fingerprint density at radius 3 is 2.23 bits per heavy atom. The second-order valence-electron chi connectivity index (χ2n) is 9.37. The molecule has 0 bridgehead atoms. The van der Waals surface area contributed by atoms with Gasteiger partial charge in [-0.2, -0.15) is 8.42 Å². The van der Waals surface area contributed by atoms with E-state index in [0.29, 0.717) is 5.02 Å². The first-order valence-corrected chi connectivity index (χ1v) is 15.5. The predicted molar refractivity (Wildman–Crippen MR) is 164 cm³/mol. The molecule has 0 unspecified atom stereocenters. The Balaban J connectivity index is 0.00000119. The summed E-state index contributed by atoms with van der Waals surface area (Å²) in [5, 5.41) is 16.8. The minimum Gasteiger partial charge on any atom is -0.481 e. The van der Waals surface area contributed by atoms with Crippen molar-refractivity contribution in [3.05, 3.63) is 88.4 Å². The fourth-order valence-corrected chi connectivity index (χ4v) is 5.65. The number of carboxylic acids is 1. The van der Waals surface area contributed by atoms with Crippen LogP contribution in [0.3, 0.4) is 0 Å². The topological polar surface area (TPSA) is 154 Å². The average Bonchev–Trinajstić information content (AvgIpc) is 2.97. The summed E-state index contributed by atoms with van der Waals surface area (Å²) in [6.45, 7) is 2.99. The Labute approximate surface area is 260 Å². The number of carbonyl (C=O) groups excluding carboxylic acids is 2. The predicted octanol–water partition coefficient (Wildman–Crippen LogP) is 4.26. The van der Waals surface area contributed by atoms with E-state index < -0.39 is 21.9 Å². The number of hydrogen-bond acceptors (Lipinski definition) is 7. The first kappa shape index (κ1) is 33.7. The Morgan fingerprint density at radius 2 is 1.63 bits per heavy atom. The van der Waals surface area contributed by atoms with Crippen molar-refractivity contribution in [1.29, 1.82) is 0 Å². The monoisotopic (exact) mass is 650 g/mol. The number of rotatable bonds is 10. The summed E-state index contributed by atoms with van der Waals surface area (Å²) in [6, 6.07) is 18.3. The molecule has 1 fully saturated rings. The lowest BCUT2D eigenvalue weighted by atomic mass is 10.1. The number of sulfonamides is 1. The van der Waals surface area contributed by atoms with Crippen molar-refractivity contribution >= 4 is 56.7 Å². The van der Waals surface area contributed by atoms with Crippen molar-refractivity contribution in [2.45, 2.75) is 37.1 Å². The van der Waals surface area contributed by atoms with E-state index >= 15 is 0 Å². The summed E-state index contributed by atoms with van der Waals surface area (Å²) in [7, 11) is -4.23. The lowest BCUT2D eigenvalue weighted by Crippen LogP contribution is -2.43. The number of nitrogens with zero attached hydrogens (tertiary/aromatic N) is 1. The number of benzene rings is 3. The van der Waals surface area contributed by atoms with Gasteiger partial charge >= 0.3 is 0 Å². The van der Waals surface area contributed by atoms with E-state index in [2.05, 4.69) is 16.0 Å². The maximum Gasteiger partial charge on any atom is 0.300 e. The molecule has 0 aromatic heterocycles. The largest absolute Gasteiger partial charge is 0.481 e. The highest BCUT2D eigenvalue weighted by atomic mass is 35.5. The third kappa shape index (κ3) is 10.4. The Morgan fingerprint density at radius 1 is 1.00 bits per heavy atom. The van der Waals surface area contributed by atoms with Gasteiger partial charge in [-0.05, 0) is 80.5 Å². The minimum atomic E-state index is -4.23. The number of piperidine rings is 1. The zero-order chi connectivity index (χ0) is 31.4. The molecule has 0 radical (unpaired) electrons. The number of hydrogen-bond donors (Lipinski definition) is 4. The molecule has 3 aromatic carbocycles. The minimum absolute atomic E-state index is 0.0914. The molecule has 11 nitrogen and oxygen atoms in total. The molecule has 2 amide bonds. The number of amides is 2. The zero-order valence-corrected chi connectivity index (χ0v) is 25.6. The van der Waals surface area contributed by atoms with Crippen molar-refractivity contribution in [2.75, 3.05) is 24.1 Å². The quantitative estimate of drug-likeness (QED) is 0.237. The first-order valence-electron chi connectivity index (χ1n) is 13.3. The van der Waals surface area contributed by atoms with Crippen LogP contribution in [-0.4, -0.2) is 57.0 Å². The third-order valence-corrected chi connectivity index (χ3v) is 8.14. The highest BCUT2D eigenvalue weighted by molar-refractivity contribution is 7.92. The van der Waals surface area contributed by atoms with Crippen molar-refractivity contribution in [3.8, 4) is 5.75 Å². The van der Waals surface area contributed by atoms with Gasteiger partial charge in [0, 0.05) is 36.5 Å². The van der Waals surface area contributed by atoms with Gasteiger partial charge in [0.05, 0.1) is 15.6 Å². The highest BCUT2D eigenvalue weighted by Gasteiger charge is 2.28. The molecule has 1 aliphatic heterocycles. The maximum atomic E-state index is 13.6. The van der Waals surface area contributed by atoms with E-state index in [1.165, 1.54) is 42.5 Å². The van der Waals surface area contributed by atoms with Crippen molar-refractivity contribution < 1.29 is 32.7 Å². The van der Waals surface area contributed by atoms with E-state index in [9.17, 15) is 18.0 Å². The molecule has 0 saturated carbocycles. The Hall–Kier alpha value is -3.84. The van der Waals surface area contributed by atoms with Crippen LogP contribution in [0.5, 0.6) is 5.75 Å². The molecule has 14 heteroatoms. The van der Waals surface area contributed by atoms with Crippen LogP contribution in [0.1, 0.15) is 36.5 Å². The molecule has 0 atom stereocenters. The highest BCUT2D eigenvalue weighted by Crippen LogP contribution is 2.32. The molecule has 43 heavy (non-hydrogen) atoms. The lowest BCUT2D eigenvalue weighted by Gasteiger charge is -2.24. The van der Waals surface area contributed by atoms with Gasteiger partial charge in [0.2, 0.25) is 5.91 Å². The van der Waals surface area contributed by atoms with Crippen LogP contribution in [0, 0.1) is 0 Å². The van der Waals surface area contributed by atoms with Gasteiger partial charge in [0.15, 0.2) is 5.75 Å². The molecule has 1 aliphatic rings. The number of anilines is 1. The van der Waals surface area contributed by atoms with Gasteiger partial charge < -0.3 is 25.9 Å². The second-order valence-corrected chi connectivity index (χ2v) is 12.0. The number of aliphatic carboxylic acids is 1. The molecule has 230 valence electrons. The van der Waals surface area contributed by atoms with E-state index in [0.717, 1.165) is 37.3 Å². The van der Waals surface area contributed by atoms with Crippen LogP contribution in [0.25, 0.3) is 0 Å². The summed E-state index contributed by atoms with van der Waals surface area (Å²) >= 11 is 12.2. The summed E-state index contributed by atoms with van der Waals surface area (Å²) in [6.07, 6.45) is 1.92. The van der Waals surface area contributed by atoms with E-state index in [4.69, 9.17) is 37.9 Å². The van der Waals surface area contributed by atoms with Crippen molar-refractivity contribution in [1.82, 2.24) is 16.0 Å². The molecule has 4 rings (SSSR count). The van der Waals surface area contributed by atoms with Gasteiger partial charge in [-0.3, -0.25) is 14.4 Å². The number of nitrogens with one attached hydrogen (secondary N) is 3. The Bertz CT molecular complexity index is 1500. The van der Waals surface area contributed by atoms with Gasteiger partial charge in [-0.1, -0.05) is 45.9 Å². The fourth-order valence-electron chi connectivity index (χ4n) is 3.96. The molecule has 1 saturated heterocycles. The van der Waals surface area contributed by atoms with Gasteiger partial charge in [0.1, 0.15) is 0 Å². The SMILES string of the molecule is CC(=O)O.O=C(CCNC(=O)c1ccc(S(=O)(=O)N(Oc2ccc(Cl)cc2Cl)c2ccccc2)cc1)NC1CCNCC1. The van der Waals surface area contributed by atoms with Gasteiger partial charge in [-0.15, -0.1) is 0 Å². The molecular formula is C29H32Cl2N4O7S. The van der Waals surface area contributed by atoms with E-state index in [-0.39, 0.29) is 51.8 Å².